The minimum Gasteiger partial charge on any atom is -0.507 e. The van der Waals surface area contributed by atoms with Gasteiger partial charge in [-0.1, -0.05) is 117 Å². The van der Waals surface area contributed by atoms with Crippen LogP contribution >= 0.6 is 14.3 Å². The van der Waals surface area contributed by atoms with Crippen LogP contribution in [0.4, 0.5) is 0 Å². The fourth-order valence-corrected chi connectivity index (χ4v) is 15.4. The molecule has 0 bridgehead atoms. The zero-order chi connectivity index (χ0) is 42.7. The van der Waals surface area contributed by atoms with Gasteiger partial charge in [0.25, 0.3) is 0 Å². The van der Waals surface area contributed by atoms with Gasteiger partial charge < -0.3 is 19.3 Å². The molecule has 0 aliphatic heterocycles. The summed E-state index contributed by atoms with van der Waals surface area (Å²) in [6.45, 7) is 16.2. The van der Waals surface area contributed by atoms with Crippen LogP contribution in [-0.2, 0) is 21.5 Å². The lowest BCUT2D eigenvalue weighted by atomic mass is 9.89. The molecule has 0 aromatic heterocycles. The quantitative estimate of drug-likeness (QED) is 0.142. The summed E-state index contributed by atoms with van der Waals surface area (Å²) in [6, 6.07) is 44.0. The lowest BCUT2D eigenvalue weighted by Gasteiger charge is -2.25. The Balaban J connectivity index is 1.40. The van der Waals surface area contributed by atoms with E-state index in [0.717, 1.165) is 87.3 Å². The average Bonchev–Trinajstić information content (AvgIpc) is 3.17. The molecule has 0 radical (unpaired) electrons. The second-order valence-electron chi connectivity index (χ2n) is 17.1. The first kappa shape index (κ1) is 41.1. The Morgan fingerprint density at radius 1 is 0.367 bits per heavy atom. The van der Waals surface area contributed by atoms with Crippen LogP contribution in [-0.4, -0.2) is 10.2 Å². The Morgan fingerprint density at radius 3 is 0.883 bits per heavy atom. The molecule has 302 valence electrons. The highest BCUT2D eigenvalue weighted by molar-refractivity contribution is 7.78. The van der Waals surface area contributed by atoms with Crippen molar-refractivity contribution < 1.29 is 19.3 Å². The van der Waals surface area contributed by atoms with Crippen LogP contribution in [0.15, 0.2) is 133 Å². The second-order valence-corrected chi connectivity index (χ2v) is 22.8. The molecule has 0 heterocycles. The van der Waals surface area contributed by atoms with E-state index in [1.807, 2.05) is 165 Å². The third-order valence-electron chi connectivity index (χ3n) is 11.7. The van der Waals surface area contributed by atoms with E-state index in [2.05, 4.69) is 24.3 Å². The highest BCUT2D eigenvalue weighted by Crippen LogP contribution is 2.56. The van der Waals surface area contributed by atoms with Crippen molar-refractivity contribution in [2.45, 2.75) is 67.7 Å². The molecular weight excluding hydrogens is 775 g/mol. The van der Waals surface area contributed by atoms with Gasteiger partial charge in [-0.25, -0.2) is 0 Å². The number of aryl methyl sites for hydroxylation is 8. The molecule has 60 heavy (non-hydrogen) atoms. The van der Waals surface area contributed by atoms with Crippen molar-refractivity contribution in [2.24, 2.45) is 0 Å². The predicted molar refractivity (Wildman–Crippen MR) is 255 cm³/mol. The normalized spacial score (nSPS) is 12.1. The third kappa shape index (κ3) is 7.64. The first-order chi connectivity index (χ1) is 28.5. The lowest BCUT2D eigenvalue weighted by Crippen LogP contribution is -2.19. The summed E-state index contributed by atoms with van der Waals surface area (Å²) < 4.78 is 32.0. The maximum atomic E-state index is 16.0. The number of hydrogen-bond donors (Lipinski definition) is 2. The molecule has 0 amide bonds. The molecule has 4 nitrogen and oxygen atoms in total. The van der Waals surface area contributed by atoms with Gasteiger partial charge in [0.15, 0.2) is 0 Å². The molecule has 0 saturated carbocycles. The number of phenolic OH excluding ortho intramolecular Hbond substituents is 2. The van der Waals surface area contributed by atoms with E-state index in [4.69, 9.17) is 0 Å². The summed E-state index contributed by atoms with van der Waals surface area (Å²) in [6.07, 6.45) is 0.130. The van der Waals surface area contributed by atoms with Gasteiger partial charge in [0.05, 0.1) is 0 Å². The monoisotopic (exact) mass is 826 g/mol. The van der Waals surface area contributed by atoms with Crippen molar-refractivity contribution in [3.05, 3.63) is 189 Å². The van der Waals surface area contributed by atoms with Gasteiger partial charge in [0.1, 0.15) is 25.8 Å². The molecule has 8 aromatic carbocycles. The highest BCUT2D eigenvalue weighted by Gasteiger charge is 2.34. The first-order valence-corrected chi connectivity index (χ1v) is 24.3. The second kappa shape index (κ2) is 15.7. The first-order valence-electron chi connectivity index (χ1n) is 20.5. The van der Waals surface area contributed by atoms with E-state index in [1.165, 1.54) is 0 Å². The molecule has 6 heteroatoms. The van der Waals surface area contributed by atoms with E-state index in [1.54, 1.807) is 0 Å². The molecule has 0 aliphatic carbocycles. The van der Waals surface area contributed by atoms with Crippen LogP contribution in [0.3, 0.4) is 0 Å². The van der Waals surface area contributed by atoms with Crippen molar-refractivity contribution in [3.63, 3.8) is 0 Å². The van der Waals surface area contributed by atoms with E-state index in [0.29, 0.717) is 22.3 Å². The molecule has 0 unspecified atom stereocenters. The summed E-state index contributed by atoms with van der Waals surface area (Å²) in [4.78, 5) is 0. The van der Waals surface area contributed by atoms with Gasteiger partial charge in [-0.3, -0.25) is 0 Å². The molecule has 0 saturated heterocycles. The molecule has 8 aromatic rings. The molecular formula is C54H52O4P2. The maximum absolute atomic E-state index is 16.0. The van der Waals surface area contributed by atoms with Gasteiger partial charge in [-0.05, 0) is 138 Å². The summed E-state index contributed by atoms with van der Waals surface area (Å²) in [5, 5.41) is 31.8. The van der Waals surface area contributed by atoms with Crippen LogP contribution in [0, 0.1) is 55.4 Å². The minimum atomic E-state index is -3.41. The fourth-order valence-electron chi connectivity index (χ4n) is 9.32. The van der Waals surface area contributed by atoms with Crippen molar-refractivity contribution in [2.75, 3.05) is 0 Å². The largest absolute Gasteiger partial charge is 0.507 e. The zero-order valence-corrected chi connectivity index (χ0v) is 37.5. The topological polar surface area (TPSA) is 74.6 Å². The van der Waals surface area contributed by atoms with Gasteiger partial charge >= 0.3 is 0 Å². The van der Waals surface area contributed by atoms with Crippen LogP contribution in [0.1, 0.15) is 55.6 Å². The Labute approximate surface area is 354 Å². The minimum absolute atomic E-state index is 0.0351. The summed E-state index contributed by atoms with van der Waals surface area (Å²) in [5.74, 6) is -0.0702. The number of fused-ring (bicyclic) bond motifs is 2. The van der Waals surface area contributed by atoms with Crippen molar-refractivity contribution in [1.82, 2.24) is 0 Å². The number of benzene rings is 8. The summed E-state index contributed by atoms with van der Waals surface area (Å²) >= 11 is 0. The summed E-state index contributed by atoms with van der Waals surface area (Å²) in [7, 11) is -6.82. The van der Waals surface area contributed by atoms with Crippen molar-refractivity contribution >= 4 is 57.0 Å². The van der Waals surface area contributed by atoms with Crippen molar-refractivity contribution in [1.29, 1.82) is 0 Å². The third-order valence-corrected chi connectivity index (χ3v) is 17.7. The number of rotatable bonds is 9. The van der Waals surface area contributed by atoms with Crippen molar-refractivity contribution in [3.8, 4) is 22.6 Å². The van der Waals surface area contributed by atoms with Crippen LogP contribution < -0.4 is 21.2 Å². The molecule has 2 N–H and O–H groups in total. The molecule has 0 aliphatic rings. The van der Waals surface area contributed by atoms with Gasteiger partial charge in [-0.2, -0.15) is 0 Å². The molecule has 8 rings (SSSR count). The van der Waals surface area contributed by atoms with E-state index in [9.17, 15) is 10.2 Å². The Morgan fingerprint density at radius 2 is 0.617 bits per heavy atom. The smallest absolute Gasteiger partial charge is 0.147 e. The molecule has 0 spiro atoms. The Kier molecular flexibility index (Phi) is 10.8. The van der Waals surface area contributed by atoms with Gasteiger partial charge in [-0.15, -0.1) is 0 Å². The van der Waals surface area contributed by atoms with E-state index in [-0.39, 0.29) is 23.8 Å². The van der Waals surface area contributed by atoms with Crippen LogP contribution in [0.25, 0.3) is 32.7 Å². The lowest BCUT2D eigenvalue weighted by molar-refractivity contribution is 0.465. The van der Waals surface area contributed by atoms with Crippen LogP contribution in [0.2, 0.25) is 0 Å². The average molecular weight is 827 g/mol. The number of hydrogen-bond acceptors (Lipinski definition) is 4. The number of phenols is 2. The number of aromatic hydroxyl groups is 2. The predicted octanol–water partition coefficient (Wildman–Crippen LogP) is 12.6. The molecule has 0 atom stereocenters. The van der Waals surface area contributed by atoms with Gasteiger partial charge in [0, 0.05) is 55.8 Å². The van der Waals surface area contributed by atoms with Gasteiger partial charge in [0.2, 0.25) is 0 Å². The van der Waals surface area contributed by atoms with Crippen LogP contribution in [0.5, 0.6) is 11.5 Å². The standard InChI is InChI=1S/C54H52O4P2/c1-33-17-34(2)22-45(21-33)59(57,46-23-35(3)18-36(4)24-46)31-43-29-41-13-9-11-15-49(41)51(53(43)55)52-50-16-12-10-14-42(50)30-44(54(52)56)32-60(58,47-25-37(5)19-38(6)26-47)48-27-39(7)20-40(8)28-48/h9-30,55-56H,31-32H2,1-8H3. The summed E-state index contributed by atoms with van der Waals surface area (Å²) in [5.41, 5.74) is 10.1. The van der Waals surface area contributed by atoms with E-state index < -0.39 is 14.3 Å². The fraction of sp³-hybridized carbons (Fsp3) is 0.185. The Hall–Kier alpha value is -5.66. The highest BCUT2D eigenvalue weighted by atomic mass is 31.2. The maximum Gasteiger partial charge on any atom is 0.147 e. The Bertz CT molecular complexity index is 2720. The van der Waals surface area contributed by atoms with E-state index >= 15 is 9.13 Å². The SMILES string of the molecule is Cc1cc(C)cc(P(=O)(Cc2cc3ccccc3c(-c3c(O)c(CP(=O)(c4cc(C)cc(C)c4)c4cc(C)cc(C)c4)cc4ccccc34)c2O)c2cc(C)cc(C)c2)c1. The molecule has 0 fully saturated rings. The zero-order valence-electron chi connectivity index (χ0n) is 35.7.